The molecule has 3 rings (SSSR count). The number of fused-ring (bicyclic) bond motifs is 1. The van der Waals surface area contributed by atoms with Crippen LogP contribution < -0.4 is 5.32 Å². The Bertz CT molecular complexity index is 699. The number of amides is 2. The molecular formula is C16H17N3O2. The molecule has 0 saturated carbocycles. The van der Waals surface area contributed by atoms with E-state index in [9.17, 15) is 9.59 Å². The van der Waals surface area contributed by atoms with Gasteiger partial charge in [-0.2, -0.15) is 0 Å². The third kappa shape index (κ3) is 2.86. The molecule has 1 N–H and O–H groups in total. The van der Waals surface area contributed by atoms with Gasteiger partial charge in [-0.15, -0.1) is 0 Å². The minimum Gasteiger partial charge on any atom is -0.345 e. The van der Waals surface area contributed by atoms with Crippen molar-refractivity contribution in [2.75, 3.05) is 6.54 Å². The molecule has 0 bridgehead atoms. The van der Waals surface area contributed by atoms with Crippen LogP contribution in [0.1, 0.15) is 18.9 Å². The topological polar surface area (TPSA) is 62.3 Å². The summed E-state index contributed by atoms with van der Waals surface area (Å²) in [6.07, 6.45) is 2.12. The molecule has 108 valence electrons. The highest BCUT2D eigenvalue weighted by Crippen LogP contribution is 2.16. The van der Waals surface area contributed by atoms with Crippen LogP contribution in [0.25, 0.3) is 10.9 Å². The molecule has 5 nitrogen and oxygen atoms in total. The summed E-state index contributed by atoms with van der Waals surface area (Å²) < 4.78 is 0. The standard InChI is InChI=1S/C16H17N3O2/c1-11-16(21)19(8-6-15(20)18-11)10-12-4-5-14-13(9-12)3-2-7-17-14/h2-5,7,9,11H,6,8,10H2,1H3,(H,18,20). The summed E-state index contributed by atoms with van der Waals surface area (Å²) in [4.78, 5) is 29.8. The normalized spacial score (nSPS) is 19.5. The van der Waals surface area contributed by atoms with Crippen LogP contribution in [-0.2, 0) is 16.1 Å². The second kappa shape index (κ2) is 5.52. The van der Waals surface area contributed by atoms with E-state index < -0.39 is 6.04 Å². The zero-order valence-corrected chi connectivity index (χ0v) is 11.9. The molecule has 1 unspecified atom stereocenters. The molecule has 1 atom stereocenters. The zero-order chi connectivity index (χ0) is 14.8. The van der Waals surface area contributed by atoms with Gasteiger partial charge in [-0.3, -0.25) is 14.6 Å². The number of rotatable bonds is 2. The van der Waals surface area contributed by atoms with E-state index in [1.165, 1.54) is 0 Å². The summed E-state index contributed by atoms with van der Waals surface area (Å²) in [5, 5.41) is 3.75. The van der Waals surface area contributed by atoms with Crippen molar-refractivity contribution in [3.05, 3.63) is 42.1 Å². The van der Waals surface area contributed by atoms with Crippen LogP contribution in [0.15, 0.2) is 36.5 Å². The summed E-state index contributed by atoms with van der Waals surface area (Å²) >= 11 is 0. The summed E-state index contributed by atoms with van der Waals surface area (Å²) in [6.45, 7) is 2.70. The summed E-state index contributed by atoms with van der Waals surface area (Å²) in [7, 11) is 0. The fraction of sp³-hybridized carbons (Fsp3) is 0.312. The number of pyridine rings is 1. The Morgan fingerprint density at radius 2 is 2.19 bits per heavy atom. The van der Waals surface area contributed by atoms with Crippen molar-refractivity contribution in [1.82, 2.24) is 15.2 Å². The van der Waals surface area contributed by atoms with Gasteiger partial charge in [0.25, 0.3) is 0 Å². The molecule has 1 fully saturated rings. The molecule has 0 spiro atoms. The Morgan fingerprint density at radius 1 is 1.33 bits per heavy atom. The van der Waals surface area contributed by atoms with Crippen LogP contribution >= 0.6 is 0 Å². The van der Waals surface area contributed by atoms with Gasteiger partial charge >= 0.3 is 0 Å². The Balaban J connectivity index is 1.83. The quantitative estimate of drug-likeness (QED) is 0.908. The first-order valence-electron chi connectivity index (χ1n) is 7.05. The number of nitrogens with zero attached hydrogens (tertiary/aromatic N) is 2. The van der Waals surface area contributed by atoms with Crippen LogP contribution in [-0.4, -0.2) is 34.3 Å². The molecule has 1 aromatic heterocycles. The van der Waals surface area contributed by atoms with Crippen molar-refractivity contribution in [2.24, 2.45) is 0 Å². The summed E-state index contributed by atoms with van der Waals surface area (Å²) in [6, 6.07) is 9.42. The van der Waals surface area contributed by atoms with Crippen LogP contribution in [0.3, 0.4) is 0 Å². The predicted octanol–water partition coefficient (Wildman–Crippen LogP) is 1.47. The SMILES string of the molecule is CC1NC(=O)CCN(Cc2ccc3ncccc3c2)C1=O. The third-order valence-electron chi connectivity index (χ3n) is 3.71. The number of hydrogen-bond acceptors (Lipinski definition) is 3. The molecule has 0 radical (unpaired) electrons. The number of hydrogen-bond donors (Lipinski definition) is 1. The monoisotopic (exact) mass is 283 g/mol. The van der Waals surface area contributed by atoms with E-state index in [1.54, 1.807) is 18.0 Å². The number of aromatic nitrogens is 1. The van der Waals surface area contributed by atoms with E-state index >= 15 is 0 Å². The van der Waals surface area contributed by atoms with Crippen molar-refractivity contribution >= 4 is 22.7 Å². The number of benzene rings is 1. The van der Waals surface area contributed by atoms with Gasteiger partial charge in [0.1, 0.15) is 6.04 Å². The summed E-state index contributed by atoms with van der Waals surface area (Å²) in [5.74, 6) is -0.104. The maximum Gasteiger partial charge on any atom is 0.245 e. The van der Waals surface area contributed by atoms with Gasteiger partial charge in [0, 0.05) is 31.1 Å². The smallest absolute Gasteiger partial charge is 0.245 e. The minimum atomic E-state index is -0.456. The Hall–Kier alpha value is -2.43. The highest BCUT2D eigenvalue weighted by molar-refractivity contribution is 5.89. The maximum atomic E-state index is 12.3. The lowest BCUT2D eigenvalue weighted by molar-refractivity contribution is -0.133. The van der Waals surface area contributed by atoms with Gasteiger partial charge in [0.2, 0.25) is 11.8 Å². The van der Waals surface area contributed by atoms with Crippen molar-refractivity contribution in [1.29, 1.82) is 0 Å². The summed E-state index contributed by atoms with van der Waals surface area (Å²) in [5.41, 5.74) is 1.99. The van der Waals surface area contributed by atoms with Gasteiger partial charge in [-0.1, -0.05) is 12.1 Å². The Kier molecular flexibility index (Phi) is 3.56. The molecule has 1 aliphatic heterocycles. The number of carbonyl (C=O) groups is 2. The lowest BCUT2D eigenvalue weighted by Crippen LogP contribution is -2.42. The van der Waals surface area contributed by atoms with Crippen LogP contribution in [0.2, 0.25) is 0 Å². The van der Waals surface area contributed by atoms with Crippen molar-refractivity contribution in [3.63, 3.8) is 0 Å². The second-order valence-electron chi connectivity index (χ2n) is 5.33. The second-order valence-corrected chi connectivity index (χ2v) is 5.33. The van der Waals surface area contributed by atoms with Gasteiger partial charge in [-0.25, -0.2) is 0 Å². The van der Waals surface area contributed by atoms with Gasteiger partial charge in [-0.05, 0) is 30.7 Å². The molecule has 1 aliphatic rings. The van der Waals surface area contributed by atoms with Crippen LogP contribution in [0.5, 0.6) is 0 Å². The lowest BCUT2D eigenvalue weighted by atomic mass is 10.1. The molecular weight excluding hydrogens is 266 g/mol. The largest absolute Gasteiger partial charge is 0.345 e. The number of nitrogens with one attached hydrogen (secondary N) is 1. The van der Waals surface area contributed by atoms with Gasteiger partial charge < -0.3 is 10.2 Å². The number of carbonyl (C=O) groups excluding carboxylic acids is 2. The van der Waals surface area contributed by atoms with Crippen molar-refractivity contribution < 1.29 is 9.59 Å². The fourth-order valence-corrected chi connectivity index (χ4v) is 2.60. The first-order valence-corrected chi connectivity index (χ1v) is 7.05. The molecule has 21 heavy (non-hydrogen) atoms. The first-order chi connectivity index (χ1) is 10.1. The van der Waals surface area contributed by atoms with E-state index in [4.69, 9.17) is 0 Å². The van der Waals surface area contributed by atoms with Crippen molar-refractivity contribution in [2.45, 2.75) is 25.9 Å². The zero-order valence-electron chi connectivity index (χ0n) is 11.9. The first kappa shape index (κ1) is 13.5. The molecule has 0 aliphatic carbocycles. The van der Waals surface area contributed by atoms with Gasteiger partial charge in [0.15, 0.2) is 0 Å². The average Bonchev–Trinajstić information content (AvgIpc) is 2.60. The Labute approximate surface area is 123 Å². The van der Waals surface area contributed by atoms with Gasteiger partial charge in [0.05, 0.1) is 5.52 Å². The fourth-order valence-electron chi connectivity index (χ4n) is 2.60. The highest BCUT2D eigenvalue weighted by Gasteiger charge is 2.26. The maximum absolute atomic E-state index is 12.3. The lowest BCUT2D eigenvalue weighted by Gasteiger charge is -2.22. The van der Waals surface area contributed by atoms with E-state index in [-0.39, 0.29) is 11.8 Å². The van der Waals surface area contributed by atoms with E-state index in [2.05, 4.69) is 10.3 Å². The van der Waals surface area contributed by atoms with Crippen LogP contribution in [0, 0.1) is 0 Å². The molecule has 1 saturated heterocycles. The Morgan fingerprint density at radius 3 is 3.05 bits per heavy atom. The van der Waals surface area contributed by atoms with E-state index in [1.807, 2.05) is 30.3 Å². The average molecular weight is 283 g/mol. The van der Waals surface area contributed by atoms with E-state index in [0.29, 0.717) is 19.5 Å². The molecule has 2 amide bonds. The van der Waals surface area contributed by atoms with E-state index in [0.717, 1.165) is 16.5 Å². The molecule has 5 heteroatoms. The van der Waals surface area contributed by atoms with Crippen molar-refractivity contribution in [3.8, 4) is 0 Å². The molecule has 2 heterocycles. The molecule has 2 aromatic rings. The molecule has 1 aromatic carbocycles. The minimum absolute atomic E-state index is 0.0351. The predicted molar refractivity (Wildman–Crippen MR) is 79.4 cm³/mol. The highest BCUT2D eigenvalue weighted by atomic mass is 16.2. The van der Waals surface area contributed by atoms with Crippen LogP contribution in [0.4, 0.5) is 0 Å². The third-order valence-corrected chi connectivity index (χ3v) is 3.71.